The van der Waals surface area contributed by atoms with E-state index in [9.17, 15) is 14.3 Å². The van der Waals surface area contributed by atoms with E-state index < -0.39 is 6.10 Å². The lowest BCUT2D eigenvalue weighted by Crippen LogP contribution is -2.18. The first-order valence-electron chi connectivity index (χ1n) is 8.00. The van der Waals surface area contributed by atoms with Crippen LogP contribution < -0.4 is 15.8 Å². The summed E-state index contributed by atoms with van der Waals surface area (Å²) in [5.74, 6) is -0.0357. The number of nitrogens with two attached hydrogens (primary N) is 1. The number of ether oxygens (including phenoxy) is 1. The van der Waals surface area contributed by atoms with Crippen LogP contribution in [0.5, 0.6) is 5.75 Å². The molecule has 0 saturated carbocycles. The number of amides is 1. The average Bonchev–Trinajstić information content (AvgIpc) is 3.04. The topological polar surface area (TPSA) is 97.7 Å². The van der Waals surface area contributed by atoms with Gasteiger partial charge in [-0.2, -0.15) is 0 Å². The van der Waals surface area contributed by atoms with Gasteiger partial charge in [-0.25, -0.2) is 4.39 Å². The molecule has 6 nitrogen and oxygen atoms in total. The number of benzene rings is 2. The van der Waals surface area contributed by atoms with Crippen LogP contribution in [0.15, 0.2) is 40.8 Å². The van der Waals surface area contributed by atoms with Crippen molar-refractivity contribution in [3.63, 3.8) is 0 Å². The number of halogens is 1. The quantitative estimate of drug-likeness (QED) is 0.651. The summed E-state index contributed by atoms with van der Waals surface area (Å²) >= 11 is 0. The molecule has 0 aliphatic carbocycles. The van der Waals surface area contributed by atoms with Gasteiger partial charge in [-0.05, 0) is 36.4 Å². The lowest BCUT2D eigenvalue weighted by Gasteiger charge is -2.13. The minimum absolute atomic E-state index is 0.00962. The number of carbonyl (C=O) groups is 1. The SMILES string of the molecule is CNC(=O)c1c(-c2ccc(F)cc2)oc2cc(C(O)CN)c(OC)cc12. The lowest BCUT2D eigenvalue weighted by molar-refractivity contribution is 0.0964. The average molecular weight is 358 g/mol. The summed E-state index contributed by atoms with van der Waals surface area (Å²) in [5, 5.41) is 13.2. The predicted molar refractivity (Wildman–Crippen MR) is 95.6 cm³/mol. The van der Waals surface area contributed by atoms with Crippen molar-refractivity contribution in [2.75, 3.05) is 20.7 Å². The Labute approximate surface area is 149 Å². The molecule has 0 aliphatic rings. The van der Waals surface area contributed by atoms with Crippen molar-refractivity contribution in [3.8, 4) is 17.1 Å². The van der Waals surface area contributed by atoms with E-state index >= 15 is 0 Å². The Morgan fingerprint density at radius 1 is 1.35 bits per heavy atom. The van der Waals surface area contributed by atoms with Gasteiger partial charge in [0.15, 0.2) is 0 Å². The van der Waals surface area contributed by atoms with Crippen molar-refractivity contribution >= 4 is 16.9 Å². The number of rotatable bonds is 5. The molecule has 1 aromatic heterocycles. The van der Waals surface area contributed by atoms with Crippen LogP contribution in [-0.2, 0) is 0 Å². The number of carbonyl (C=O) groups excluding carboxylic acids is 1. The molecule has 1 atom stereocenters. The third kappa shape index (κ3) is 3.02. The Hall–Kier alpha value is -2.90. The summed E-state index contributed by atoms with van der Waals surface area (Å²) in [6.45, 7) is 0.00962. The molecule has 3 aromatic rings. The Kier molecular flexibility index (Phi) is 4.92. The van der Waals surface area contributed by atoms with Crippen molar-refractivity contribution in [1.82, 2.24) is 5.32 Å². The van der Waals surface area contributed by atoms with Gasteiger partial charge in [-0.1, -0.05) is 0 Å². The highest BCUT2D eigenvalue weighted by atomic mass is 19.1. The Bertz CT molecular complexity index is 950. The molecule has 1 amide bonds. The zero-order chi connectivity index (χ0) is 18.8. The number of furan rings is 1. The molecule has 0 fully saturated rings. The number of nitrogens with one attached hydrogen (secondary N) is 1. The molecule has 0 bridgehead atoms. The Morgan fingerprint density at radius 2 is 2.04 bits per heavy atom. The number of aliphatic hydroxyl groups is 1. The van der Waals surface area contributed by atoms with E-state index in [2.05, 4.69) is 5.32 Å². The monoisotopic (exact) mass is 358 g/mol. The van der Waals surface area contributed by atoms with E-state index in [0.717, 1.165) is 0 Å². The van der Waals surface area contributed by atoms with Gasteiger partial charge in [-0.15, -0.1) is 0 Å². The van der Waals surface area contributed by atoms with Crippen LogP contribution in [0.4, 0.5) is 4.39 Å². The number of methoxy groups -OCH3 is 1. The second-order valence-corrected chi connectivity index (χ2v) is 5.73. The van der Waals surface area contributed by atoms with Crippen molar-refractivity contribution in [3.05, 3.63) is 53.3 Å². The zero-order valence-electron chi connectivity index (χ0n) is 14.4. The van der Waals surface area contributed by atoms with Gasteiger partial charge < -0.3 is 25.3 Å². The van der Waals surface area contributed by atoms with E-state index in [4.69, 9.17) is 14.9 Å². The second-order valence-electron chi connectivity index (χ2n) is 5.73. The third-order valence-electron chi connectivity index (χ3n) is 4.18. The van der Waals surface area contributed by atoms with Crippen LogP contribution in [0.3, 0.4) is 0 Å². The summed E-state index contributed by atoms with van der Waals surface area (Å²) in [6.07, 6.45) is -0.933. The van der Waals surface area contributed by atoms with E-state index in [1.165, 1.54) is 38.4 Å². The normalized spacial score (nSPS) is 12.2. The number of hydrogen-bond acceptors (Lipinski definition) is 5. The molecule has 0 aliphatic heterocycles. The summed E-state index contributed by atoms with van der Waals surface area (Å²) < 4.78 is 24.5. The van der Waals surface area contributed by atoms with Crippen molar-refractivity contribution in [2.24, 2.45) is 5.73 Å². The van der Waals surface area contributed by atoms with Crippen molar-refractivity contribution < 1.29 is 23.4 Å². The molecule has 0 saturated heterocycles. The highest BCUT2D eigenvalue weighted by molar-refractivity contribution is 6.11. The Morgan fingerprint density at radius 3 is 2.62 bits per heavy atom. The summed E-state index contributed by atoms with van der Waals surface area (Å²) in [4.78, 5) is 12.5. The molecule has 7 heteroatoms. The largest absolute Gasteiger partial charge is 0.496 e. The van der Waals surface area contributed by atoms with Gasteiger partial charge >= 0.3 is 0 Å². The molecule has 1 heterocycles. The first-order valence-corrected chi connectivity index (χ1v) is 8.00. The molecule has 2 aromatic carbocycles. The van der Waals surface area contributed by atoms with E-state index in [-0.39, 0.29) is 18.3 Å². The molecule has 0 spiro atoms. The molecular formula is C19H19FN2O4. The standard InChI is InChI=1S/C19H19FN2O4/c1-22-19(24)17-13-8-15(25-2)12(14(23)9-21)7-16(13)26-18(17)10-3-5-11(20)6-4-10/h3-8,14,23H,9,21H2,1-2H3,(H,22,24). The molecule has 3 rings (SSSR count). The fraction of sp³-hybridized carbons (Fsp3) is 0.211. The summed E-state index contributed by atoms with van der Waals surface area (Å²) in [5.41, 5.74) is 7.27. The molecule has 0 radical (unpaired) electrons. The molecule has 4 N–H and O–H groups in total. The van der Waals surface area contributed by atoms with Gasteiger partial charge in [0.05, 0.1) is 18.8 Å². The van der Waals surface area contributed by atoms with Gasteiger partial charge in [0.1, 0.15) is 22.9 Å². The van der Waals surface area contributed by atoms with E-state index in [1.807, 2.05) is 0 Å². The maximum absolute atomic E-state index is 13.2. The molecule has 136 valence electrons. The zero-order valence-corrected chi connectivity index (χ0v) is 14.4. The van der Waals surface area contributed by atoms with Crippen LogP contribution in [0, 0.1) is 5.82 Å². The fourth-order valence-corrected chi connectivity index (χ4v) is 2.86. The number of aliphatic hydroxyl groups excluding tert-OH is 1. The summed E-state index contributed by atoms with van der Waals surface area (Å²) in [7, 11) is 2.98. The number of fused-ring (bicyclic) bond motifs is 1. The van der Waals surface area contributed by atoms with Crippen LogP contribution in [0.2, 0.25) is 0 Å². The van der Waals surface area contributed by atoms with E-state index in [1.54, 1.807) is 12.1 Å². The maximum atomic E-state index is 13.2. The molecular weight excluding hydrogens is 339 g/mol. The van der Waals surface area contributed by atoms with Crippen molar-refractivity contribution in [2.45, 2.75) is 6.10 Å². The van der Waals surface area contributed by atoms with Crippen LogP contribution in [0.25, 0.3) is 22.3 Å². The molecule has 1 unspecified atom stereocenters. The van der Waals surface area contributed by atoms with Crippen LogP contribution in [-0.4, -0.2) is 31.7 Å². The highest BCUT2D eigenvalue weighted by Gasteiger charge is 2.24. The smallest absolute Gasteiger partial charge is 0.255 e. The fourth-order valence-electron chi connectivity index (χ4n) is 2.86. The minimum atomic E-state index is -0.933. The van der Waals surface area contributed by atoms with Crippen LogP contribution in [0.1, 0.15) is 22.0 Å². The van der Waals surface area contributed by atoms with Gasteiger partial charge in [0.2, 0.25) is 0 Å². The first-order chi connectivity index (χ1) is 12.5. The number of hydrogen-bond donors (Lipinski definition) is 3. The maximum Gasteiger partial charge on any atom is 0.255 e. The van der Waals surface area contributed by atoms with Gasteiger partial charge in [-0.3, -0.25) is 4.79 Å². The Balaban J connectivity index is 2.30. The summed E-state index contributed by atoms with van der Waals surface area (Å²) in [6, 6.07) is 8.88. The van der Waals surface area contributed by atoms with Gasteiger partial charge in [0.25, 0.3) is 5.91 Å². The van der Waals surface area contributed by atoms with Crippen molar-refractivity contribution in [1.29, 1.82) is 0 Å². The lowest BCUT2D eigenvalue weighted by atomic mass is 10.0. The first kappa shape index (κ1) is 17.9. The highest BCUT2D eigenvalue weighted by Crippen LogP contribution is 2.38. The molecule has 26 heavy (non-hydrogen) atoms. The minimum Gasteiger partial charge on any atom is -0.496 e. The van der Waals surface area contributed by atoms with Gasteiger partial charge in [0, 0.05) is 30.1 Å². The second kappa shape index (κ2) is 7.15. The van der Waals surface area contributed by atoms with Crippen LogP contribution >= 0.6 is 0 Å². The predicted octanol–water partition coefficient (Wildman–Crippen LogP) is 2.60. The van der Waals surface area contributed by atoms with E-state index in [0.29, 0.717) is 39.2 Å². The third-order valence-corrected chi connectivity index (χ3v) is 4.18.